The van der Waals surface area contributed by atoms with Gasteiger partial charge in [-0.05, 0) is 32.9 Å². The summed E-state index contributed by atoms with van der Waals surface area (Å²) in [4.78, 5) is 25.7. The largest absolute Gasteiger partial charge is 0.355 e. The molecule has 0 atom stereocenters. The van der Waals surface area contributed by atoms with Crippen LogP contribution in [0.2, 0.25) is 0 Å². The van der Waals surface area contributed by atoms with E-state index in [4.69, 9.17) is 0 Å². The summed E-state index contributed by atoms with van der Waals surface area (Å²) in [6.07, 6.45) is 4.82. The Labute approximate surface area is 159 Å². The number of unbranched alkanes of at least 4 members (excludes halogenated alkanes) is 1. The standard InChI is InChI=1S/C19H38N6O/c1-4-5-9-22(3)12-8-21-19(20-2)25-15-13-23(14-16-25)17-18(26)24-10-6-7-11-24/h4-17H2,1-3H3,(H,20,21). The second-order valence-corrected chi connectivity index (χ2v) is 7.48. The zero-order valence-corrected chi connectivity index (χ0v) is 17.0. The molecule has 150 valence electrons. The number of nitrogens with zero attached hydrogens (tertiary/aromatic N) is 5. The molecule has 2 rings (SSSR count). The molecule has 2 fully saturated rings. The van der Waals surface area contributed by atoms with E-state index in [9.17, 15) is 4.79 Å². The highest BCUT2D eigenvalue weighted by molar-refractivity contribution is 5.80. The Morgan fingerprint density at radius 3 is 2.35 bits per heavy atom. The molecule has 26 heavy (non-hydrogen) atoms. The number of hydrogen-bond donors (Lipinski definition) is 1. The van der Waals surface area contributed by atoms with Crippen molar-refractivity contribution < 1.29 is 4.79 Å². The summed E-state index contributed by atoms with van der Waals surface area (Å²) in [7, 11) is 4.03. The van der Waals surface area contributed by atoms with Crippen molar-refractivity contribution in [3.63, 3.8) is 0 Å². The lowest BCUT2D eigenvalue weighted by molar-refractivity contribution is -0.131. The Bertz CT molecular complexity index is 441. The zero-order chi connectivity index (χ0) is 18.8. The number of likely N-dealkylation sites (tertiary alicyclic amines) is 1. The van der Waals surface area contributed by atoms with E-state index in [1.165, 1.54) is 12.8 Å². The zero-order valence-electron chi connectivity index (χ0n) is 17.0. The number of nitrogens with one attached hydrogen (secondary N) is 1. The molecule has 2 heterocycles. The molecule has 0 aliphatic carbocycles. The number of rotatable bonds is 8. The number of carbonyl (C=O) groups excluding carboxylic acids is 1. The number of carbonyl (C=O) groups is 1. The average molecular weight is 367 g/mol. The van der Waals surface area contributed by atoms with Gasteiger partial charge in [0.2, 0.25) is 5.91 Å². The van der Waals surface area contributed by atoms with Gasteiger partial charge in [0.1, 0.15) is 0 Å². The number of guanidine groups is 1. The molecule has 0 unspecified atom stereocenters. The van der Waals surface area contributed by atoms with E-state index < -0.39 is 0 Å². The van der Waals surface area contributed by atoms with Crippen molar-refractivity contribution in [3.8, 4) is 0 Å². The minimum Gasteiger partial charge on any atom is -0.355 e. The van der Waals surface area contributed by atoms with Crippen LogP contribution in [0.1, 0.15) is 32.6 Å². The van der Waals surface area contributed by atoms with Gasteiger partial charge in [-0.3, -0.25) is 14.7 Å². The second kappa shape index (κ2) is 11.4. The fraction of sp³-hybridized carbons (Fsp3) is 0.895. The molecule has 7 heteroatoms. The highest BCUT2D eigenvalue weighted by atomic mass is 16.2. The van der Waals surface area contributed by atoms with Gasteiger partial charge >= 0.3 is 0 Å². The third-order valence-electron chi connectivity index (χ3n) is 5.37. The van der Waals surface area contributed by atoms with Gasteiger partial charge < -0.3 is 20.0 Å². The maximum atomic E-state index is 12.3. The molecule has 7 nitrogen and oxygen atoms in total. The molecule has 0 bridgehead atoms. The summed E-state index contributed by atoms with van der Waals surface area (Å²) in [6, 6.07) is 0. The number of likely N-dealkylation sites (N-methyl/N-ethyl adjacent to an activating group) is 1. The fourth-order valence-corrected chi connectivity index (χ4v) is 3.61. The van der Waals surface area contributed by atoms with Crippen LogP contribution in [0.3, 0.4) is 0 Å². The minimum atomic E-state index is 0.300. The molecule has 0 radical (unpaired) electrons. The molecular weight excluding hydrogens is 328 g/mol. The smallest absolute Gasteiger partial charge is 0.236 e. The Morgan fingerprint density at radius 1 is 1.04 bits per heavy atom. The van der Waals surface area contributed by atoms with Gasteiger partial charge in [-0.2, -0.15) is 0 Å². The van der Waals surface area contributed by atoms with Crippen molar-refractivity contribution in [1.29, 1.82) is 0 Å². The van der Waals surface area contributed by atoms with Crippen LogP contribution in [-0.4, -0.2) is 111 Å². The SMILES string of the molecule is CCCCN(C)CCNC(=NC)N1CCN(CC(=O)N2CCCC2)CC1. The highest BCUT2D eigenvalue weighted by Crippen LogP contribution is 2.09. The first-order valence-electron chi connectivity index (χ1n) is 10.3. The molecule has 2 aliphatic heterocycles. The van der Waals surface area contributed by atoms with Crippen LogP contribution in [-0.2, 0) is 4.79 Å². The Morgan fingerprint density at radius 2 is 1.73 bits per heavy atom. The van der Waals surface area contributed by atoms with E-state index in [0.29, 0.717) is 12.5 Å². The van der Waals surface area contributed by atoms with Crippen molar-refractivity contribution >= 4 is 11.9 Å². The lowest BCUT2D eigenvalue weighted by Gasteiger charge is -2.36. The quantitative estimate of drug-likeness (QED) is 0.502. The fourth-order valence-electron chi connectivity index (χ4n) is 3.61. The van der Waals surface area contributed by atoms with Gasteiger partial charge in [0.15, 0.2) is 5.96 Å². The molecule has 1 N–H and O–H groups in total. The van der Waals surface area contributed by atoms with Gasteiger partial charge in [-0.25, -0.2) is 0 Å². The highest BCUT2D eigenvalue weighted by Gasteiger charge is 2.24. The lowest BCUT2D eigenvalue weighted by Crippen LogP contribution is -2.54. The average Bonchev–Trinajstić information content (AvgIpc) is 3.19. The maximum Gasteiger partial charge on any atom is 0.236 e. The predicted octanol–water partition coefficient (Wildman–Crippen LogP) is 0.534. The van der Waals surface area contributed by atoms with Gasteiger partial charge in [0.25, 0.3) is 0 Å². The van der Waals surface area contributed by atoms with Crippen molar-refractivity contribution in [3.05, 3.63) is 0 Å². The summed E-state index contributed by atoms with van der Waals surface area (Å²) in [5.74, 6) is 1.29. The molecule has 0 saturated carbocycles. The molecule has 1 amide bonds. The normalized spacial score (nSPS) is 19.5. The summed E-state index contributed by atoms with van der Waals surface area (Å²) in [6.45, 7) is 11.5. The van der Waals surface area contributed by atoms with Gasteiger partial charge in [0.05, 0.1) is 6.54 Å². The van der Waals surface area contributed by atoms with Crippen LogP contribution in [0.15, 0.2) is 4.99 Å². The topological polar surface area (TPSA) is 54.4 Å². The number of aliphatic imine (C=N–C) groups is 1. The molecule has 0 spiro atoms. The van der Waals surface area contributed by atoms with Gasteiger partial charge in [-0.15, -0.1) is 0 Å². The Kier molecular flexibility index (Phi) is 9.18. The van der Waals surface area contributed by atoms with E-state index in [2.05, 4.69) is 39.0 Å². The van der Waals surface area contributed by atoms with Crippen molar-refractivity contribution in [2.75, 3.05) is 79.5 Å². The summed E-state index contributed by atoms with van der Waals surface area (Å²) in [5.41, 5.74) is 0. The molecule has 2 saturated heterocycles. The van der Waals surface area contributed by atoms with Crippen LogP contribution in [0.25, 0.3) is 0 Å². The number of amides is 1. The van der Waals surface area contributed by atoms with Crippen LogP contribution in [0, 0.1) is 0 Å². The van der Waals surface area contributed by atoms with Crippen molar-refractivity contribution in [2.24, 2.45) is 4.99 Å². The molecular formula is C19H38N6O. The molecule has 2 aliphatic rings. The second-order valence-electron chi connectivity index (χ2n) is 7.48. The molecule has 0 aromatic heterocycles. The maximum absolute atomic E-state index is 12.3. The van der Waals surface area contributed by atoms with E-state index in [1.54, 1.807) is 0 Å². The van der Waals surface area contributed by atoms with Gasteiger partial charge in [-0.1, -0.05) is 13.3 Å². The third kappa shape index (κ3) is 6.76. The molecule has 0 aromatic rings. The first kappa shape index (κ1) is 21.0. The van der Waals surface area contributed by atoms with Crippen molar-refractivity contribution in [1.82, 2.24) is 24.9 Å². The monoisotopic (exact) mass is 366 g/mol. The molecule has 0 aromatic carbocycles. The van der Waals surface area contributed by atoms with Crippen molar-refractivity contribution in [2.45, 2.75) is 32.6 Å². The van der Waals surface area contributed by atoms with E-state index >= 15 is 0 Å². The van der Waals surface area contributed by atoms with Crippen LogP contribution in [0.5, 0.6) is 0 Å². The first-order chi connectivity index (χ1) is 12.6. The predicted molar refractivity (Wildman–Crippen MR) is 108 cm³/mol. The van der Waals surface area contributed by atoms with E-state index in [-0.39, 0.29) is 0 Å². The number of piperazine rings is 1. The summed E-state index contributed by atoms with van der Waals surface area (Å²) in [5, 5.41) is 3.49. The van der Waals surface area contributed by atoms with Crippen LogP contribution < -0.4 is 5.32 Å². The first-order valence-corrected chi connectivity index (χ1v) is 10.3. The Hall–Kier alpha value is -1.34. The lowest BCUT2D eigenvalue weighted by atomic mass is 10.3. The van der Waals surface area contributed by atoms with E-state index in [1.807, 2.05) is 11.9 Å². The van der Waals surface area contributed by atoms with E-state index in [0.717, 1.165) is 77.7 Å². The Balaban J connectivity index is 1.65. The third-order valence-corrected chi connectivity index (χ3v) is 5.37. The van der Waals surface area contributed by atoms with Gasteiger partial charge in [0, 0.05) is 59.4 Å². The summed E-state index contributed by atoms with van der Waals surface area (Å²) < 4.78 is 0. The van der Waals surface area contributed by atoms with Crippen LogP contribution in [0.4, 0.5) is 0 Å². The minimum absolute atomic E-state index is 0.300. The summed E-state index contributed by atoms with van der Waals surface area (Å²) >= 11 is 0. The number of hydrogen-bond acceptors (Lipinski definition) is 4. The van der Waals surface area contributed by atoms with Crippen LogP contribution >= 0.6 is 0 Å².